The molecule has 0 aliphatic rings. The molecule has 0 saturated heterocycles. The summed E-state index contributed by atoms with van der Waals surface area (Å²) in [7, 11) is 0. The van der Waals surface area contributed by atoms with E-state index in [2.05, 4.69) is 14.9 Å². The van der Waals surface area contributed by atoms with E-state index in [0.29, 0.717) is 16.3 Å². The van der Waals surface area contributed by atoms with Crippen molar-refractivity contribution >= 4 is 44.9 Å². The Morgan fingerprint density at radius 1 is 1.30 bits per heavy atom. The summed E-state index contributed by atoms with van der Waals surface area (Å²) >= 11 is 7.34. The van der Waals surface area contributed by atoms with Crippen LogP contribution in [0, 0.1) is 6.92 Å². The first kappa shape index (κ1) is 13.0. The quantitative estimate of drug-likeness (QED) is 0.781. The topological polar surface area (TPSA) is 54.9 Å². The highest BCUT2D eigenvalue weighted by Crippen LogP contribution is 2.24. The number of carbonyl (C=O) groups excluding carboxylic acids is 1. The highest BCUT2D eigenvalue weighted by molar-refractivity contribution is 7.12. The van der Waals surface area contributed by atoms with Crippen molar-refractivity contribution in [1.29, 1.82) is 0 Å². The van der Waals surface area contributed by atoms with Gasteiger partial charge in [0.25, 0.3) is 5.91 Å². The fourth-order valence-electron chi connectivity index (χ4n) is 1.86. The summed E-state index contributed by atoms with van der Waals surface area (Å²) in [6, 6.07) is 10.8. The number of aromatic nitrogens is 2. The maximum Gasteiger partial charge on any atom is 0.255 e. The molecule has 0 atom stereocenters. The maximum absolute atomic E-state index is 12.2. The monoisotopic (exact) mass is 303 g/mol. The molecule has 0 spiro atoms. The number of anilines is 1. The molecule has 4 nitrogen and oxygen atoms in total. The molecular weight excluding hydrogens is 294 g/mol. The van der Waals surface area contributed by atoms with Crippen LogP contribution in [0.25, 0.3) is 10.2 Å². The van der Waals surface area contributed by atoms with E-state index in [1.165, 1.54) is 11.5 Å². The Morgan fingerprint density at radius 3 is 3.00 bits per heavy atom. The van der Waals surface area contributed by atoms with Gasteiger partial charge in [-0.05, 0) is 54.4 Å². The third kappa shape index (κ3) is 2.37. The van der Waals surface area contributed by atoms with Gasteiger partial charge in [-0.1, -0.05) is 22.2 Å². The van der Waals surface area contributed by atoms with Gasteiger partial charge in [0.05, 0.1) is 4.70 Å². The Balaban J connectivity index is 1.90. The van der Waals surface area contributed by atoms with Crippen LogP contribution < -0.4 is 5.32 Å². The zero-order valence-corrected chi connectivity index (χ0v) is 12.1. The third-order valence-corrected chi connectivity index (χ3v) is 4.14. The highest BCUT2D eigenvalue weighted by Gasteiger charge is 2.10. The summed E-state index contributed by atoms with van der Waals surface area (Å²) in [4.78, 5) is 12.2. The molecule has 0 fully saturated rings. The number of hydrogen-bond acceptors (Lipinski definition) is 4. The molecule has 0 radical (unpaired) electrons. The van der Waals surface area contributed by atoms with E-state index in [9.17, 15) is 4.79 Å². The number of fused-ring (bicyclic) bond motifs is 1. The minimum Gasteiger partial charge on any atom is -0.322 e. The first-order chi connectivity index (χ1) is 9.65. The standard InChI is InChI=1S/C14H10ClN3OS/c1-8-10(15)3-2-4-11(8)16-14(19)9-5-6-13-12(7-9)17-18-20-13/h2-7H,1H3,(H,16,19). The van der Waals surface area contributed by atoms with Gasteiger partial charge in [0, 0.05) is 16.3 Å². The van der Waals surface area contributed by atoms with Gasteiger partial charge in [-0.25, -0.2) is 0 Å². The van der Waals surface area contributed by atoms with Crippen LogP contribution in [0.4, 0.5) is 5.69 Å². The van der Waals surface area contributed by atoms with E-state index < -0.39 is 0 Å². The normalized spacial score (nSPS) is 10.7. The van der Waals surface area contributed by atoms with Crippen LogP contribution in [0.5, 0.6) is 0 Å². The first-order valence-corrected chi connectivity index (χ1v) is 7.09. The molecule has 1 heterocycles. The van der Waals surface area contributed by atoms with Crippen LogP contribution in [0.1, 0.15) is 15.9 Å². The first-order valence-electron chi connectivity index (χ1n) is 5.94. The van der Waals surface area contributed by atoms with Crippen molar-refractivity contribution in [3.8, 4) is 0 Å². The summed E-state index contributed by atoms with van der Waals surface area (Å²) < 4.78 is 4.81. The Morgan fingerprint density at radius 2 is 2.15 bits per heavy atom. The largest absolute Gasteiger partial charge is 0.322 e. The van der Waals surface area contributed by atoms with Crippen molar-refractivity contribution in [1.82, 2.24) is 9.59 Å². The fourth-order valence-corrected chi connectivity index (χ4v) is 2.57. The lowest BCUT2D eigenvalue weighted by Crippen LogP contribution is -2.12. The molecular formula is C14H10ClN3OS. The number of halogens is 1. The SMILES string of the molecule is Cc1c(Cl)cccc1NC(=O)c1ccc2snnc2c1. The van der Waals surface area contributed by atoms with Gasteiger partial charge in [-0.2, -0.15) is 0 Å². The summed E-state index contributed by atoms with van der Waals surface area (Å²) in [5, 5.41) is 7.45. The van der Waals surface area contributed by atoms with Gasteiger partial charge in [0.15, 0.2) is 0 Å². The van der Waals surface area contributed by atoms with Crippen LogP contribution >= 0.6 is 23.1 Å². The molecule has 0 saturated carbocycles. The van der Waals surface area contributed by atoms with E-state index in [-0.39, 0.29) is 5.91 Å². The lowest BCUT2D eigenvalue weighted by Gasteiger charge is -2.09. The molecule has 1 N–H and O–H groups in total. The van der Waals surface area contributed by atoms with Gasteiger partial charge in [-0.3, -0.25) is 4.79 Å². The van der Waals surface area contributed by atoms with Crippen molar-refractivity contribution in [2.75, 3.05) is 5.32 Å². The Hall–Kier alpha value is -1.98. The second kappa shape index (κ2) is 5.19. The molecule has 20 heavy (non-hydrogen) atoms. The van der Waals surface area contributed by atoms with E-state index in [0.717, 1.165) is 15.8 Å². The predicted octanol–water partition coefficient (Wildman–Crippen LogP) is 3.91. The number of amides is 1. The predicted molar refractivity (Wildman–Crippen MR) is 81.6 cm³/mol. The molecule has 0 unspecified atom stereocenters. The van der Waals surface area contributed by atoms with E-state index in [1.807, 2.05) is 19.1 Å². The zero-order chi connectivity index (χ0) is 14.1. The average Bonchev–Trinajstić information content (AvgIpc) is 2.91. The average molecular weight is 304 g/mol. The summed E-state index contributed by atoms with van der Waals surface area (Å²) in [5.41, 5.74) is 2.83. The number of carbonyl (C=O) groups is 1. The molecule has 0 bridgehead atoms. The van der Waals surface area contributed by atoms with Gasteiger partial charge in [-0.15, -0.1) is 5.10 Å². The summed E-state index contributed by atoms with van der Waals surface area (Å²) in [5.74, 6) is -0.190. The number of hydrogen-bond donors (Lipinski definition) is 1. The number of nitrogens with zero attached hydrogens (tertiary/aromatic N) is 2. The van der Waals surface area contributed by atoms with Gasteiger partial charge in [0.2, 0.25) is 0 Å². The van der Waals surface area contributed by atoms with E-state index >= 15 is 0 Å². The lowest BCUT2D eigenvalue weighted by molar-refractivity contribution is 0.102. The minimum absolute atomic E-state index is 0.190. The molecule has 0 aliphatic carbocycles. The number of nitrogens with one attached hydrogen (secondary N) is 1. The Bertz CT molecular complexity index is 800. The van der Waals surface area contributed by atoms with Crippen molar-refractivity contribution in [3.63, 3.8) is 0 Å². The summed E-state index contributed by atoms with van der Waals surface area (Å²) in [6.07, 6.45) is 0. The van der Waals surface area contributed by atoms with Crippen molar-refractivity contribution < 1.29 is 4.79 Å². The van der Waals surface area contributed by atoms with Gasteiger partial charge >= 0.3 is 0 Å². The van der Waals surface area contributed by atoms with Gasteiger partial charge in [0.1, 0.15) is 5.52 Å². The molecule has 6 heteroatoms. The van der Waals surface area contributed by atoms with Crippen molar-refractivity contribution in [2.24, 2.45) is 0 Å². The Kier molecular flexibility index (Phi) is 3.38. The molecule has 0 aliphatic heterocycles. The smallest absolute Gasteiger partial charge is 0.255 e. The molecule has 2 aromatic carbocycles. The molecule has 3 aromatic rings. The number of rotatable bonds is 2. The number of benzene rings is 2. The second-order valence-electron chi connectivity index (χ2n) is 4.32. The van der Waals surface area contributed by atoms with Crippen LogP contribution in [0.2, 0.25) is 5.02 Å². The highest BCUT2D eigenvalue weighted by atomic mass is 35.5. The summed E-state index contributed by atoms with van der Waals surface area (Å²) in [6.45, 7) is 1.87. The van der Waals surface area contributed by atoms with Crippen molar-refractivity contribution in [3.05, 3.63) is 52.5 Å². The molecule has 1 aromatic heterocycles. The van der Waals surface area contributed by atoms with Gasteiger partial charge < -0.3 is 5.32 Å². The van der Waals surface area contributed by atoms with Crippen LogP contribution in [-0.4, -0.2) is 15.5 Å². The van der Waals surface area contributed by atoms with Crippen molar-refractivity contribution in [2.45, 2.75) is 6.92 Å². The van der Waals surface area contributed by atoms with Crippen LogP contribution in [0.3, 0.4) is 0 Å². The fraction of sp³-hybridized carbons (Fsp3) is 0.0714. The Labute approximate surface area is 124 Å². The maximum atomic E-state index is 12.2. The molecule has 100 valence electrons. The molecule has 1 amide bonds. The lowest BCUT2D eigenvalue weighted by atomic mass is 10.1. The second-order valence-corrected chi connectivity index (χ2v) is 5.51. The van der Waals surface area contributed by atoms with E-state index in [4.69, 9.17) is 11.6 Å². The van der Waals surface area contributed by atoms with E-state index in [1.54, 1.807) is 24.3 Å². The molecule has 3 rings (SSSR count). The van der Waals surface area contributed by atoms with Crippen LogP contribution in [0.15, 0.2) is 36.4 Å². The third-order valence-electron chi connectivity index (χ3n) is 3.02. The minimum atomic E-state index is -0.190. The van der Waals surface area contributed by atoms with Crippen LogP contribution in [-0.2, 0) is 0 Å². The zero-order valence-electron chi connectivity index (χ0n) is 10.6.